The van der Waals surface area contributed by atoms with E-state index < -0.39 is 8.16 Å². The minimum Gasteiger partial charge on any atom is -0.408 e. The summed E-state index contributed by atoms with van der Waals surface area (Å²) in [6.45, 7) is 0.679. The Hall–Kier alpha value is -3.52. The summed E-state index contributed by atoms with van der Waals surface area (Å²) in [6.07, 6.45) is 0. The smallest absolute Gasteiger partial charge is 0.307 e. The maximum Gasteiger partial charge on any atom is 0.307 e. The predicted molar refractivity (Wildman–Crippen MR) is 131 cm³/mol. The van der Waals surface area contributed by atoms with Crippen LogP contribution in [0.25, 0.3) is 43.5 Å². The Labute approximate surface area is 180 Å². The van der Waals surface area contributed by atoms with Crippen LogP contribution < -0.4 is 5.09 Å². The number of rotatable bonds is 3. The highest BCUT2D eigenvalue weighted by atomic mass is 31.1. The van der Waals surface area contributed by atoms with E-state index in [2.05, 4.69) is 90.0 Å². The van der Waals surface area contributed by atoms with Crippen molar-refractivity contribution < 1.29 is 8.39 Å². The van der Waals surface area contributed by atoms with Gasteiger partial charge in [-0.2, -0.15) is 0 Å². The second-order valence-corrected chi connectivity index (χ2v) is 8.78. The molecule has 0 radical (unpaired) electrons. The maximum absolute atomic E-state index is 6.45. The predicted octanol–water partition coefficient (Wildman–Crippen LogP) is 8.34. The molecule has 0 saturated carbocycles. The zero-order chi connectivity index (χ0) is 20.6. The molecule has 150 valence electrons. The Kier molecular flexibility index (Phi) is 4.49. The highest BCUT2D eigenvalue weighted by molar-refractivity contribution is 7.38. The largest absolute Gasteiger partial charge is 0.408 e. The molecule has 6 aromatic rings. The van der Waals surface area contributed by atoms with E-state index in [1.54, 1.807) is 0 Å². The van der Waals surface area contributed by atoms with Crippen LogP contribution in [0.2, 0.25) is 0 Å². The Morgan fingerprint density at radius 1 is 0.548 bits per heavy atom. The van der Waals surface area contributed by atoms with Gasteiger partial charge in [-0.05, 0) is 39.2 Å². The first-order valence-electron chi connectivity index (χ1n) is 10.3. The number of nitrogens with one attached hydrogen (secondary N) is 1. The molecule has 6 rings (SSSR count). The molecule has 0 fully saturated rings. The zero-order valence-corrected chi connectivity index (χ0v) is 17.7. The summed E-state index contributed by atoms with van der Waals surface area (Å²) in [5.74, 6) is 0. The standard InChI is InChI=1S/C27H20NO2P/c1-2-8-19(9-3-1)18-28-31-29-24-16-14-20-10-4-6-12-22(20)26(24)27-23-13-7-5-11-21(23)15-17-25(27)30-31/h1-17,28H,18H2. The van der Waals surface area contributed by atoms with Gasteiger partial charge < -0.3 is 8.39 Å². The lowest BCUT2D eigenvalue weighted by molar-refractivity contribution is 0.642. The van der Waals surface area contributed by atoms with Gasteiger partial charge in [0.05, 0.1) is 0 Å². The topological polar surface area (TPSA) is 38.3 Å². The van der Waals surface area contributed by atoms with E-state index in [-0.39, 0.29) is 0 Å². The van der Waals surface area contributed by atoms with E-state index in [1.165, 1.54) is 27.1 Å². The summed E-state index contributed by atoms with van der Waals surface area (Å²) in [5.41, 5.74) is 2.89. The number of hydrogen-bond acceptors (Lipinski definition) is 3. The van der Waals surface area contributed by atoms with Gasteiger partial charge in [0.2, 0.25) is 0 Å². The highest BCUT2D eigenvalue weighted by Gasteiger charge is 2.12. The van der Waals surface area contributed by atoms with E-state index in [9.17, 15) is 0 Å². The quantitative estimate of drug-likeness (QED) is 0.312. The summed E-state index contributed by atoms with van der Waals surface area (Å²) >= 11 is 0. The van der Waals surface area contributed by atoms with Gasteiger partial charge in [0, 0.05) is 17.3 Å². The fourth-order valence-electron chi connectivity index (χ4n) is 4.18. The highest BCUT2D eigenvalue weighted by Crippen LogP contribution is 2.40. The molecule has 0 bridgehead atoms. The van der Waals surface area contributed by atoms with Crippen LogP contribution in [0.1, 0.15) is 5.56 Å². The summed E-state index contributed by atoms with van der Waals surface area (Å²) < 4.78 is 12.9. The maximum atomic E-state index is 6.45. The molecule has 0 saturated heterocycles. The Balaban J connectivity index is 1.70. The molecule has 3 nitrogen and oxygen atoms in total. The van der Waals surface area contributed by atoms with Crippen LogP contribution in [0.3, 0.4) is 0 Å². The van der Waals surface area contributed by atoms with Crippen molar-refractivity contribution >= 4 is 51.6 Å². The summed E-state index contributed by atoms with van der Waals surface area (Å²) in [6, 6.07) is 35.6. The van der Waals surface area contributed by atoms with Gasteiger partial charge in [-0.1, -0.05) is 91.0 Å². The molecule has 4 heteroatoms. The fourth-order valence-corrected chi connectivity index (χ4v) is 5.32. The second-order valence-electron chi connectivity index (χ2n) is 7.58. The summed E-state index contributed by atoms with van der Waals surface area (Å²) in [4.78, 5) is 0. The molecule has 1 heterocycles. The van der Waals surface area contributed by atoms with Gasteiger partial charge in [0.15, 0.2) is 0 Å². The summed E-state index contributed by atoms with van der Waals surface area (Å²) in [7, 11) is -1.36. The summed E-state index contributed by atoms with van der Waals surface area (Å²) in [5, 5.41) is 10.4. The van der Waals surface area contributed by atoms with Crippen LogP contribution >= 0.6 is 8.16 Å². The molecule has 0 aliphatic heterocycles. The average molecular weight is 421 g/mol. The molecule has 1 aromatic heterocycles. The van der Waals surface area contributed by atoms with Gasteiger partial charge in [0.25, 0.3) is 0 Å². The zero-order valence-electron chi connectivity index (χ0n) is 16.8. The second kappa shape index (κ2) is 7.63. The van der Waals surface area contributed by atoms with E-state index >= 15 is 0 Å². The van der Waals surface area contributed by atoms with Crippen LogP contribution in [0.15, 0.2) is 112 Å². The number of hydrogen-bond donors (Lipinski definition) is 1. The van der Waals surface area contributed by atoms with Gasteiger partial charge in [-0.25, -0.2) is 5.09 Å². The van der Waals surface area contributed by atoms with E-state index in [4.69, 9.17) is 8.39 Å². The van der Waals surface area contributed by atoms with E-state index in [0.29, 0.717) is 6.54 Å². The Morgan fingerprint density at radius 2 is 1.06 bits per heavy atom. The minimum absolute atomic E-state index is 0.679. The lowest BCUT2D eigenvalue weighted by Gasteiger charge is -2.05. The normalized spacial score (nSPS) is 11.5. The van der Waals surface area contributed by atoms with Crippen molar-refractivity contribution in [1.29, 1.82) is 0 Å². The van der Waals surface area contributed by atoms with E-state index in [1.807, 2.05) is 18.2 Å². The lowest BCUT2D eigenvalue weighted by atomic mass is 9.99. The van der Waals surface area contributed by atoms with Crippen molar-refractivity contribution in [1.82, 2.24) is 0 Å². The van der Waals surface area contributed by atoms with Crippen molar-refractivity contribution in [2.24, 2.45) is 0 Å². The first-order valence-corrected chi connectivity index (χ1v) is 11.5. The Morgan fingerprint density at radius 3 is 1.65 bits per heavy atom. The molecule has 0 aliphatic rings. The van der Waals surface area contributed by atoms with Crippen LogP contribution in [-0.2, 0) is 6.54 Å². The molecule has 31 heavy (non-hydrogen) atoms. The van der Waals surface area contributed by atoms with E-state index in [0.717, 1.165) is 21.9 Å². The van der Waals surface area contributed by atoms with Crippen molar-refractivity contribution in [3.8, 4) is 0 Å². The SMILES string of the molecule is c1ccc(CNp2oc3ccc4ccccc4c3c3c(ccc4ccccc43)o2)cc1. The van der Waals surface area contributed by atoms with Gasteiger partial charge >= 0.3 is 8.16 Å². The van der Waals surface area contributed by atoms with Crippen LogP contribution in [0, 0.1) is 0 Å². The van der Waals surface area contributed by atoms with Crippen LogP contribution in [-0.4, -0.2) is 0 Å². The molecule has 0 unspecified atom stereocenters. The molecular weight excluding hydrogens is 401 g/mol. The molecule has 1 N–H and O–H groups in total. The van der Waals surface area contributed by atoms with Crippen molar-refractivity contribution in [3.63, 3.8) is 0 Å². The first kappa shape index (κ1) is 18.3. The third-order valence-corrected chi connectivity index (χ3v) is 6.79. The van der Waals surface area contributed by atoms with Crippen LogP contribution in [0.4, 0.5) is 0 Å². The van der Waals surface area contributed by atoms with Crippen molar-refractivity contribution in [3.05, 3.63) is 109 Å². The third kappa shape index (κ3) is 3.29. The van der Waals surface area contributed by atoms with Gasteiger partial charge in [0.1, 0.15) is 11.2 Å². The third-order valence-electron chi connectivity index (χ3n) is 5.65. The fraction of sp³-hybridized carbons (Fsp3) is 0.0370. The minimum atomic E-state index is -1.36. The van der Waals surface area contributed by atoms with Crippen molar-refractivity contribution in [2.75, 3.05) is 5.09 Å². The number of benzene rings is 5. The molecule has 0 amide bonds. The molecule has 0 atom stereocenters. The van der Waals surface area contributed by atoms with Crippen LogP contribution in [0.5, 0.6) is 0 Å². The lowest BCUT2D eigenvalue weighted by Crippen LogP contribution is -1.94. The molecule has 0 spiro atoms. The van der Waals surface area contributed by atoms with Gasteiger partial charge in [-0.3, -0.25) is 0 Å². The van der Waals surface area contributed by atoms with Gasteiger partial charge in [-0.15, -0.1) is 0 Å². The molecule has 5 aromatic carbocycles. The number of fused-ring (bicyclic) bond motifs is 7. The molecular formula is C27H20NO2P. The Bertz CT molecular complexity index is 1490. The first-order chi connectivity index (χ1) is 15.4. The van der Waals surface area contributed by atoms with Crippen molar-refractivity contribution in [2.45, 2.75) is 6.54 Å². The molecule has 0 aliphatic carbocycles. The average Bonchev–Trinajstić information content (AvgIpc) is 3.00. The monoisotopic (exact) mass is 421 g/mol.